The van der Waals surface area contributed by atoms with Gasteiger partial charge in [-0.05, 0) is 26.2 Å². The zero-order valence-corrected chi connectivity index (χ0v) is 11.6. The van der Waals surface area contributed by atoms with Gasteiger partial charge in [-0.2, -0.15) is 0 Å². The second-order valence-corrected chi connectivity index (χ2v) is 4.64. The molecule has 1 saturated heterocycles. The molecule has 0 spiro atoms. The van der Waals surface area contributed by atoms with Gasteiger partial charge in [-0.25, -0.2) is 0 Å². The van der Waals surface area contributed by atoms with Crippen LogP contribution in [0.2, 0.25) is 0 Å². The lowest BCUT2D eigenvalue weighted by atomic mass is 10.1. The monoisotopic (exact) mass is 256 g/mol. The van der Waals surface area contributed by atoms with Crippen LogP contribution in [0.1, 0.15) is 40.0 Å². The van der Waals surface area contributed by atoms with Crippen molar-refractivity contribution in [3.05, 3.63) is 0 Å². The third kappa shape index (κ3) is 3.70. The molecule has 0 bridgehead atoms. The molecule has 2 unspecified atom stereocenters. The molecule has 1 rings (SSSR count). The van der Waals surface area contributed by atoms with Crippen molar-refractivity contribution in [2.45, 2.75) is 52.1 Å². The lowest BCUT2D eigenvalue weighted by Gasteiger charge is -2.37. The molecule has 1 N–H and O–H groups in total. The Hall–Kier alpha value is -1.10. The normalized spacial score (nSPS) is 24.3. The van der Waals surface area contributed by atoms with Crippen molar-refractivity contribution in [1.82, 2.24) is 10.2 Å². The average molecular weight is 256 g/mol. The van der Waals surface area contributed by atoms with E-state index < -0.39 is 0 Å². The highest BCUT2D eigenvalue weighted by atomic mass is 16.5. The summed E-state index contributed by atoms with van der Waals surface area (Å²) in [4.78, 5) is 25.5. The van der Waals surface area contributed by atoms with Gasteiger partial charge in [0, 0.05) is 19.8 Å². The highest BCUT2D eigenvalue weighted by Crippen LogP contribution is 2.12. The van der Waals surface area contributed by atoms with Crippen LogP contribution in [0.3, 0.4) is 0 Å². The Labute approximate surface area is 109 Å². The van der Waals surface area contributed by atoms with E-state index in [1.165, 1.54) is 0 Å². The number of carbonyl (C=O) groups excluding carboxylic acids is 2. The van der Waals surface area contributed by atoms with Crippen LogP contribution in [0, 0.1) is 0 Å². The summed E-state index contributed by atoms with van der Waals surface area (Å²) in [6.07, 6.45) is 2.42. The molecule has 2 atom stereocenters. The molecular formula is C13H24N2O3. The first kappa shape index (κ1) is 15.0. The van der Waals surface area contributed by atoms with Crippen molar-refractivity contribution >= 4 is 11.8 Å². The SMILES string of the molecule is CCCOCCCN1C(=O)C(CC)NC(=O)C1C. The van der Waals surface area contributed by atoms with Gasteiger partial charge in [0.2, 0.25) is 11.8 Å². The van der Waals surface area contributed by atoms with Gasteiger partial charge in [-0.15, -0.1) is 0 Å². The van der Waals surface area contributed by atoms with Gasteiger partial charge >= 0.3 is 0 Å². The molecule has 2 amide bonds. The van der Waals surface area contributed by atoms with Crippen LogP contribution in [-0.4, -0.2) is 48.6 Å². The van der Waals surface area contributed by atoms with E-state index in [-0.39, 0.29) is 23.9 Å². The van der Waals surface area contributed by atoms with Crippen molar-refractivity contribution in [3.63, 3.8) is 0 Å². The Morgan fingerprint density at radius 2 is 2.00 bits per heavy atom. The molecule has 1 aliphatic rings. The summed E-state index contributed by atoms with van der Waals surface area (Å²) in [6.45, 7) is 7.72. The predicted octanol–water partition coefficient (Wildman–Crippen LogP) is 0.929. The number of piperazine rings is 1. The third-order valence-corrected chi connectivity index (χ3v) is 3.19. The largest absolute Gasteiger partial charge is 0.381 e. The molecule has 18 heavy (non-hydrogen) atoms. The molecule has 1 heterocycles. The molecule has 5 nitrogen and oxygen atoms in total. The second-order valence-electron chi connectivity index (χ2n) is 4.64. The Morgan fingerprint density at radius 3 is 2.61 bits per heavy atom. The molecule has 0 aromatic heterocycles. The zero-order chi connectivity index (χ0) is 13.5. The van der Waals surface area contributed by atoms with Crippen LogP contribution < -0.4 is 5.32 Å². The first-order valence-corrected chi connectivity index (χ1v) is 6.80. The smallest absolute Gasteiger partial charge is 0.245 e. The number of nitrogens with zero attached hydrogens (tertiary/aromatic N) is 1. The number of rotatable bonds is 7. The van der Waals surface area contributed by atoms with E-state index in [0.717, 1.165) is 19.4 Å². The van der Waals surface area contributed by atoms with Gasteiger partial charge in [0.05, 0.1) is 0 Å². The third-order valence-electron chi connectivity index (χ3n) is 3.19. The number of nitrogens with one attached hydrogen (secondary N) is 1. The zero-order valence-electron chi connectivity index (χ0n) is 11.6. The maximum absolute atomic E-state index is 12.1. The molecule has 1 aliphatic heterocycles. The fourth-order valence-corrected chi connectivity index (χ4v) is 2.05. The minimum absolute atomic E-state index is 0.0279. The van der Waals surface area contributed by atoms with Crippen molar-refractivity contribution in [2.75, 3.05) is 19.8 Å². The van der Waals surface area contributed by atoms with Gasteiger partial charge < -0.3 is 15.0 Å². The maximum atomic E-state index is 12.1. The summed E-state index contributed by atoms with van der Waals surface area (Å²) in [5.74, 6) is -0.0315. The Balaban J connectivity index is 2.44. The van der Waals surface area contributed by atoms with E-state index in [0.29, 0.717) is 19.6 Å². The van der Waals surface area contributed by atoms with Crippen LogP contribution in [-0.2, 0) is 14.3 Å². The molecule has 0 aliphatic carbocycles. The summed E-state index contributed by atoms with van der Waals surface area (Å²) >= 11 is 0. The van der Waals surface area contributed by atoms with Crippen LogP contribution in [0.25, 0.3) is 0 Å². The van der Waals surface area contributed by atoms with E-state index >= 15 is 0 Å². The van der Waals surface area contributed by atoms with Crippen molar-refractivity contribution < 1.29 is 14.3 Å². The highest BCUT2D eigenvalue weighted by molar-refractivity contribution is 5.96. The summed E-state index contributed by atoms with van der Waals surface area (Å²) in [5, 5.41) is 2.74. The van der Waals surface area contributed by atoms with Gasteiger partial charge in [-0.3, -0.25) is 9.59 Å². The molecule has 0 aromatic rings. The van der Waals surface area contributed by atoms with E-state index in [1.807, 2.05) is 6.92 Å². The minimum atomic E-state index is -0.369. The van der Waals surface area contributed by atoms with Gasteiger partial charge in [-0.1, -0.05) is 13.8 Å². The van der Waals surface area contributed by atoms with Crippen LogP contribution in [0.4, 0.5) is 0 Å². The van der Waals surface area contributed by atoms with Crippen LogP contribution in [0.15, 0.2) is 0 Å². The highest BCUT2D eigenvalue weighted by Gasteiger charge is 2.36. The molecule has 5 heteroatoms. The van der Waals surface area contributed by atoms with E-state index in [4.69, 9.17) is 4.74 Å². The second kappa shape index (κ2) is 7.36. The molecule has 0 aromatic carbocycles. The Bertz CT molecular complexity index is 294. The maximum Gasteiger partial charge on any atom is 0.245 e. The minimum Gasteiger partial charge on any atom is -0.381 e. The first-order chi connectivity index (χ1) is 8.61. The van der Waals surface area contributed by atoms with E-state index in [1.54, 1.807) is 11.8 Å². The number of ether oxygens (including phenoxy) is 1. The molecule has 0 radical (unpaired) electrons. The first-order valence-electron chi connectivity index (χ1n) is 6.80. The number of carbonyl (C=O) groups is 2. The van der Waals surface area contributed by atoms with Crippen molar-refractivity contribution in [1.29, 1.82) is 0 Å². The summed E-state index contributed by atoms with van der Waals surface area (Å²) < 4.78 is 5.39. The van der Waals surface area contributed by atoms with Crippen molar-refractivity contribution in [2.24, 2.45) is 0 Å². The topological polar surface area (TPSA) is 58.6 Å². The van der Waals surface area contributed by atoms with Crippen LogP contribution in [0.5, 0.6) is 0 Å². The molecule has 1 fully saturated rings. The van der Waals surface area contributed by atoms with E-state index in [2.05, 4.69) is 12.2 Å². The van der Waals surface area contributed by atoms with Crippen LogP contribution >= 0.6 is 0 Å². The quantitative estimate of drug-likeness (QED) is 0.689. The van der Waals surface area contributed by atoms with Crippen molar-refractivity contribution in [3.8, 4) is 0 Å². The van der Waals surface area contributed by atoms with Gasteiger partial charge in [0.15, 0.2) is 0 Å². The summed E-state index contributed by atoms with van der Waals surface area (Å²) in [5.41, 5.74) is 0. The lowest BCUT2D eigenvalue weighted by Crippen LogP contribution is -2.62. The Kier molecular flexibility index (Phi) is 6.12. The molecular weight excluding hydrogens is 232 g/mol. The molecule has 0 saturated carbocycles. The summed E-state index contributed by atoms with van der Waals surface area (Å²) in [7, 11) is 0. The average Bonchev–Trinajstić information content (AvgIpc) is 2.37. The van der Waals surface area contributed by atoms with Gasteiger partial charge in [0.1, 0.15) is 12.1 Å². The number of hydrogen-bond acceptors (Lipinski definition) is 3. The fraction of sp³-hybridized carbons (Fsp3) is 0.846. The fourth-order valence-electron chi connectivity index (χ4n) is 2.05. The predicted molar refractivity (Wildman–Crippen MR) is 69.1 cm³/mol. The lowest BCUT2D eigenvalue weighted by molar-refractivity contribution is -0.148. The summed E-state index contributed by atoms with van der Waals surface area (Å²) in [6, 6.07) is -0.725. The number of hydrogen-bond donors (Lipinski definition) is 1. The Morgan fingerprint density at radius 1 is 1.28 bits per heavy atom. The van der Waals surface area contributed by atoms with E-state index in [9.17, 15) is 9.59 Å². The molecule has 104 valence electrons. The number of amides is 2. The standard InChI is InChI=1S/C13H24N2O3/c1-4-8-18-9-6-7-15-10(3)12(16)14-11(5-2)13(15)17/h10-11H,4-9H2,1-3H3,(H,14,16). The van der Waals surface area contributed by atoms with Gasteiger partial charge in [0.25, 0.3) is 0 Å².